The molecule has 1 saturated heterocycles. The second-order valence-corrected chi connectivity index (χ2v) is 6.53. The molecule has 17 heavy (non-hydrogen) atoms. The lowest BCUT2D eigenvalue weighted by Crippen LogP contribution is -2.46. The number of hydrogen-bond acceptors (Lipinski definition) is 3. The number of amidine groups is 1. The fourth-order valence-corrected chi connectivity index (χ4v) is 3.69. The van der Waals surface area contributed by atoms with Crippen molar-refractivity contribution in [3.05, 3.63) is 0 Å². The van der Waals surface area contributed by atoms with Crippen molar-refractivity contribution in [2.75, 3.05) is 19.4 Å². The van der Waals surface area contributed by atoms with Crippen LogP contribution < -0.4 is 5.32 Å². The number of nitrogens with zero attached hydrogens (tertiary/aromatic N) is 1. The van der Waals surface area contributed by atoms with Crippen molar-refractivity contribution >= 4 is 16.9 Å². The number of methoxy groups -OCH3 is 1. The Morgan fingerprint density at radius 1 is 1.53 bits per heavy atom. The minimum absolute atomic E-state index is 0.216. The molecule has 1 atom stereocenters. The molecule has 2 fully saturated rings. The third kappa shape index (κ3) is 3.38. The first-order chi connectivity index (χ1) is 8.13. The summed E-state index contributed by atoms with van der Waals surface area (Å²) in [5.41, 5.74) is 0.353. The molecule has 0 aromatic rings. The van der Waals surface area contributed by atoms with Crippen molar-refractivity contribution in [2.45, 2.75) is 51.2 Å². The van der Waals surface area contributed by atoms with Crippen LogP contribution in [0.1, 0.15) is 39.5 Å². The number of aliphatic imine (C=N–C) groups is 1. The molecule has 1 heterocycles. The summed E-state index contributed by atoms with van der Waals surface area (Å²) in [6, 6.07) is 0. The van der Waals surface area contributed by atoms with E-state index in [-0.39, 0.29) is 6.10 Å². The van der Waals surface area contributed by atoms with E-state index >= 15 is 0 Å². The van der Waals surface area contributed by atoms with E-state index < -0.39 is 0 Å². The van der Waals surface area contributed by atoms with Crippen LogP contribution in [0, 0.1) is 5.92 Å². The summed E-state index contributed by atoms with van der Waals surface area (Å²) in [5.74, 6) is 2.10. The Kier molecular flexibility index (Phi) is 4.36. The van der Waals surface area contributed by atoms with Crippen molar-refractivity contribution < 1.29 is 4.74 Å². The molecule has 0 aromatic heterocycles. The molecule has 1 saturated carbocycles. The molecule has 0 amide bonds. The van der Waals surface area contributed by atoms with Gasteiger partial charge in [-0.15, -0.1) is 0 Å². The highest BCUT2D eigenvalue weighted by molar-refractivity contribution is 8.14. The van der Waals surface area contributed by atoms with E-state index in [1.54, 1.807) is 7.11 Å². The van der Waals surface area contributed by atoms with Gasteiger partial charge in [0.05, 0.1) is 12.6 Å². The third-order valence-electron chi connectivity index (χ3n) is 3.98. The van der Waals surface area contributed by atoms with Crippen molar-refractivity contribution in [1.29, 1.82) is 0 Å². The van der Waals surface area contributed by atoms with Crippen LogP contribution in [0.15, 0.2) is 4.99 Å². The molecule has 2 rings (SSSR count). The highest BCUT2D eigenvalue weighted by Crippen LogP contribution is 2.38. The molecule has 0 bridgehead atoms. The highest BCUT2D eigenvalue weighted by atomic mass is 32.2. The van der Waals surface area contributed by atoms with Gasteiger partial charge in [0.15, 0.2) is 5.17 Å². The quantitative estimate of drug-likeness (QED) is 0.843. The van der Waals surface area contributed by atoms with Gasteiger partial charge in [0.2, 0.25) is 0 Å². The maximum Gasteiger partial charge on any atom is 0.157 e. The van der Waals surface area contributed by atoms with Crippen LogP contribution in [-0.4, -0.2) is 36.2 Å². The Hall–Kier alpha value is -0.220. The molecule has 98 valence electrons. The number of thioether (sulfide) groups is 1. The van der Waals surface area contributed by atoms with Crippen LogP contribution >= 0.6 is 11.8 Å². The SMILES string of the molecule is COC(C)CN=C1NC2(CCC(C)CC2)CS1. The Morgan fingerprint density at radius 2 is 2.24 bits per heavy atom. The standard InChI is InChI=1S/C13H24N2OS/c1-10-4-6-13(7-5-10)9-17-12(15-13)14-8-11(2)16-3/h10-11H,4-9H2,1-3H3,(H,14,15). The average molecular weight is 256 g/mol. The molecular weight excluding hydrogens is 232 g/mol. The molecule has 0 aromatic carbocycles. The number of rotatable bonds is 3. The predicted octanol–water partition coefficient (Wildman–Crippen LogP) is 2.66. The zero-order valence-corrected chi connectivity index (χ0v) is 12.0. The van der Waals surface area contributed by atoms with Gasteiger partial charge in [0, 0.05) is 18.4 Å². The van der Waals surface area contributed by atoms with Crippen LogP contribution in [0.25, 0.3) is 0 Å². The fraction of sp³-hybridized carbons (Fsp3) is 0.923. The van der Waals surface area contributed by atoms with Gasteiger partial charge in [-0.3, -0.25) is 4.99 Å². The molecular formula is C13H24N2OS. The molecule has 2 aliphatic rings. The van der Waals surface area contributed by atoms with Gasteiger partial charge in [-0.25, -0.2) is 0 Å². The smallest absolute Gasteiger partial charge is 0.157 e. The Bertz CT molecular complexity index is 285. The molecule has 1 spiro atoms. The van der Waals surface area contributed by atoms with Crippen LogP contribution in [0.5, 0.6) is 0 Å². The fourth-order valence-electron chi connectivity index (χ4n) is 2.46. The normalized spacial score (nSPS) is 37.4. The molecule has 1 aliphatic heterocycles. The minimum atomic E-state index is 0.216. The monoisotopic (exact) mass is 256 g/mol. The van der Waals surface area contributed by atoms with Gasteiger partial charge >= 0.3 is 0 Å². The Balaban J connectivity index is 1.86. The Morgan fingerprint density at radius 3 is 2.88 bits per heavy atom. The molecule has 1 aliphatic carbocycles. The highest BCUT2D eigenvalue weighted by Gasteiger charge is 2.39. The van der Waals surface area contributed by atoms with E-state index in [9.17, 15) is 0 Å². The average Bonchev–Trinajstić information content (AvgIpc) is 2.74. The summed E-state index contributed by atoms with van der Waals surface area (Å²) >= 11 is 1.88. The molecule has 3 nitrogen and oxygen atoms in total. The lowest BCUT2D eigenvalue weighted by atomic mass is 9.78. The van der Waals surface area contributed by atoms with Gasteiger partial charge in [-0.05, 0) is 38.5 Å². The van der Waals surface area contributed by atoms with Gasteiger partial charge in [0.25, 0.3) is 0 Å². The first-order valence-electron chi connectivity index (χ1n) is 6.62. The van der Waals surface area contributed by atoms with E-state index in [0.717, 1.165) is 17.6 Å². The van der Waals surface area contributed by atoms with Gasteiger partial charge < -0.3 is 10.1 Å². The van der Waals surface area contributed by atoms with E-state index in [1.165, 1.54) is 31.4 Å². The van der Waals surface area contributed by atoms with Crippen molar-refractivity contribution in [3.63, 3.8) is 0 Å². The summed E-state index contributed by atoms with van der Waals surface area (Å²) in [4.78, 5) is 4.61. The van der Waals surface area contributed by atoms with Crippen LogP contribution in [0.2, 0.25) is 0 Å². The number of hydrogen-bond donors (Lipinski definition) is 1. The second-order valence-electron chi connectivity index (χ2n) is 5.57. The predicted molar refractivity (Wildman–Crippen MR) is 74.7 cm³/mol. The summed E-state index contributed by atoms with van der Waals surface area (Å²) in [7, 11) is 1.74. The van der Waals surface area contributed by atoms with Crippen molar-refractivity contribution in [3.8, 4) is 0 Å². The molecule has 1 unspecified atom stereocenters. The summed E-state index contributed by atoms with van der Waals surface area (Å²) in [6.07, 6.45) is 5.54. The molecule has 1 N–H and O–H groups in total. The van der Waals surface area contributed by atoms with Crippen LogP contribution in [0.4, 0.5) is 0 Å². The lowest BCUT2D eigenvalue weighted by Gasteiger charge is -2.35. The zero-order valence-electron chi connectivity index (χ0n) is 11.2. The summed E-state index contributed by atoms with van der Waals surface area (Å²) in [6.45, 7) is 5.18. The molecule has 0 radical (unpaired) electrons. The zero-order chi connectivity index (χ0) is 12.3. The third-order valence-corrected chi connectivity index (χ3v) is 5.18. The number of nitrogens with one attached hydrogen (secondary N) is 1. The minimum Gasteiger partial charge on any atom is -0.380 e. The largest absolute Gasteiger partial charge is 0.380 e. The topological polar surface area (TPSA) is 33.6 Å². The van der Waals surface area contributed by atoms with Crippen LogP contribution in [-0.2, 0) is 4.74 Å². The van der Waals surface area contributed by atoms with E-state index in [2.05, 4.69) is 24.2 Å². The van der Waals surface area contributed by atoms with E-state index in [0.29, 0.717) is 5.54 Å². The van der Waals surface area contributed by atoms with E-state index in [1.807, 2.05) is 11.8 Å². The van der Waals surface area contributed by atoms with Gasteiger partial charge in [-0.1, -0.05) is 18.7 Å². The summed E-state index contributed by atoms with van der Waals surface area (Å²) < 4.78 is 5.22. The van der Waals surface area contributed by atoms with Crippen LogP contribution in [0.3, 0.4) is 0 Å². The molecule has 4 heteroatoms. The maximum atomic E-state index is 5.22. The van der Waals surface area contributed by atoms with Gasteiger partial charge in [-0.2, -0.15) is 0 Å². The van der Waals surface area contributed by atoms with E-state index in [4.69, 9.17) is 4.74 Å². The lowest BCUT2D eigenvalue weighted by molar-refractivity contribution is 0.125. The first-order valence-corrected chi connectivity index (χ1v) is 7.60. The van der Waals surface area contributed by atoms with Crippen molar-refractivity contribution in [2.24, 2.45) is 10.9 Å². The van der Waals surface area contributed by atoms with Crippen molar-refractivity contribution in [1.82, 2.24) is 5.32 Å². The Labute approximate surface area is 109 Å². The van der Waals surface area contributed by atoms with Gasteiger partial charge in [0.1, 0.15) is 0 Å². The second kappa shape index (κ2) is 5.61. The number of ether oxygens (including phenoxy) is 1. The first kappa shape index (κ1) is 13.2. The summed E-state index contributed by atoms with van der Waals surface area (Å²) in [5, 5.41) is 4.79. The maximum absolute atomic E-state index is 5.22.